The lowest BCUT2D eigenvalue weighted by molar-refractivity contribution is 0.240. The van der Waals surface area contributed by atoms with Gasteiger partial charge in [0.15, 0.2) is 0 Å². The minimum atomic E-state index is 0.260. The quantitative estimate of drug-likeness (QED) is 0.539. The molecule has 1 N–H and O–H groups in total. The monoisotopic (exact) mass is 212 g/mol. The normalized spacial score (nSPS) is 13.1. The van der Waals surface area contributed by atoms with Gasteiger partial charge in [-0.2, -0.15) is 0 Å². The zero-order valence-corrected chi connectivity index (χ0v) is 10.5. The van der Waals surface area contributed by atoms with E-state index in [1.165, 1.54) is 38.5 Å². The van der Waals surface area contributed by atoms with E-state index in [4.69, 9.17) is 5.11 Å². The molecular weight excluding hydrogens is 184 g/mol. The largest absolute Gasteiger partial charge is 0.396 e. The standard InChI is InChI=1S/C14H28O/c1-4-8-14(9-5-2)11-7-10-13(6-3)12-15/h6,13-15H,3-5,7-12H2,1-2H3. The van der Waals surface area contributed by atoms with E-state index in [9.17, 15) is 0 Å². The van der Waals surface area contributed by atoms with Gasteiger partial charge in [0.1, 0.15) is 0 Å². The maximum Gasteiger partial charge on any atom is 0.0493 e. The third kappa shape index (κ3) is 7.61. The van der Waals surface area contributed by atoms with E-state index in [-0.39, 0.29) is 6.61 Å². The summed E-state index contributed by atoms with van der Waals surface area (Å²) in [6.07, 6.45) is 10.9. The van der Waals surface area contributed by atoms with Crippen LogP contribution in [0.25, 0.3) is 0 Å². The van der Waals surface area contributed by atoms with Gasteiger partial charge in [0.2, 0.25) is 0 Å². The summed E-state index contributed by atoms with van der Waals surface area (Å²) in [5.41, 5.74) is 0. The molecule has 0 rings (SSSR count). The summed E-state index contributed by atoms with van der Waals surface area (Å²) in [5.74, 6) is 1.22. The van der Waals surface area contributed by atoms with Crippen LogP contribution in [0.15, 0.2) is 12.7 Å². The molecule has 0 aromatic rings. The first-order valence-corrected chi connectivity index (χ1v) is 6.51. The highest BCUT2D eigenvalue weighted by Crippen LogP contribution is 2.21. The van der Waals surface area contributed by atoms with E-state index in [0.29, 0.717) is 5.92 Å². The van der Waals surface area contributed by atoms with Gasteiger partial charge in [-0.25, -0.2) is 0 Å². The lowest BCUT2D eigenvalue weighted by Gasteiger charge is -2.16. The fraction of sp³-hybridized carbons (Fsp3) is 0.857. The molecule has 90 valence electrons. The Kier molecular flexibility index (Phi) is 10.0. The lowest BCUT2D eigenvalue weighted by atomic mass is 9.91. The van der Waals surface area contributed by atoms with Crippen LogP contribution in [0.2, 0.25) is 0 Å². The molecule has 0 aromatic carbocycles. The van der Waals surface area contributed by atoms with Gasteiger partial charge in [-0.15, -0.1) is 6.58 Å². The van der Waals surface area contributed by atoms with Crippen molar-refractivity contribution in [2.24, 2.45) is 11.8 Å². The highest BCUT2D eigenvalue weighted by Gasteiger charge is 2.08. The Morgan fingerprint density at radius 2 is 1.67 bits per heavy atom. The van der Waals surface area contributed by atoms with Crippen molar-refractivity contribution in [1.82, 2.24) is 0 Å². The highest BCUT2D eigenvalue weighted by molar-refractivity contribution is 4.78. The topological polar surface area (TPSA) is 20.2 Å². The first kappa shape index (κ1) is 14.7. The second-order valence-corrected chi connectivity index (χ2v) is 4.55. The first-order valence-electron chi connectivity index (χ1n) is 6.51. The second-order valence-electron chi connectivity index (χ2n) is 4.55. The number of rotatable bonds is 10. The predicted octanol–water partition coefficient (Wildman–Crippen LogP) is 4.17. The maximum atomic E-state index is 9.03. The van der Waals surface area contributed by atoms with Crippen LogP contribution < -0.4 is 0 Å². The average molecular weight is 212 g/mol. The van der Waals surface area contributed by atoms with Crippen molar-refractivity contribution in [3.8, 4) is 0 Å². The van der Waals surface area contributed by atoms with Gasteiger partial charge in [-0.1, -0.05) is 58.4 Å². The molecule has 0 spiro atoms. The van der Waals surface area contributed by atoms with Crippen LogP contribution in [0.4, 0.5) is 0 Å². The number of hydrogen-bond acceptors (Lipinski definition) is 1. The lowest BCUT2D eigenvalue weighted by Crippen LogP contribution is -2.05. The van der Waals surface area contributed by atoms with Crippen LogP contribution in [-0.2, 0) is 0 Å². The molecular formula is C14H28O. The van der Waals surface area contributed by atoms with E-state index in [1.54, 1.807) is 0 Å². The molecule has 1 atom stereocenters. The Balaban J connectivity index is 3.63. The van der Waals surface area contributed by atoms with E-state index in [0.717, 1.165) is 12.3 Å². The molecule has 0 aromatic heterocycles. The van der Waals surface area contributed by atoms with Crippen LogP contribution in [0.1, 0.15) is 58.8 Å². The fourth-order valence-electron chi connectivity index (χ4n) is 2.20. The zero-order chi connectivity index (χ0) is 11.5. The second kappa shape index (κ2) is 10.2. The highest BCUT2D eigenvalue weighted by atomic mass is 16.3. The molecule has 1 heteroatoms. The molecule has 0 aliphatic rings. The molecule has 1 nitrogen and oxygen atoms in total. The van der Waals surface area contributed by atoms with Gasteiger partial charge in [0.25, 0.3) is 0 Å². The van der Waals surface area contributed by atoms with Crippen LogP contribution in [-0.4, -0.2) is 11.7 Å². The van der Waals surface area contributed by atoms with Crippen molar-refractivity contribution in [3.05, 3.63) is 12.7 Å². The molecule has 0 aliphatic heterocycles. The predicted molar refractivity (Wildman–Crippen MR) is 67.9 cm³/mol. The third-order valence-electron chi connectivity index (χ3n) is 3.15. The summed E-state index contributed by atoms with van der Waals surface area (Å²) in [6, 6.07) is 0. The summed E-state index contributed by atoms with van der Waals surface area (Å²) in [6.45, 7) is 8.54. The molecule has 0 fully saturated rings. The first-order chi connectivity index (χ1) is 7.28. The van der Waals surface area contributed by atoms with Gasteiger partial charge in [0, 0.05) is 6.61 Å². The molecule has 0 bridgehead atoms. The molecule has 0 aliphatic carbocycles. The molecule has 15 heavy (non-hydrogen) atoms. The van der Waals surface area contributed by atoms with Gasteiger partial charge in [-0.05, 0) is 18.3 Å². The van der Waals surface area contributed by atoms with Crippen molar-refractivity contribution in [1.29, 1.82) is 0 Å². The number of aliphatic hydroxyl groups is 1. The van der Waals surface area contributed by atoms with Crippen molar-refractivity contribution in [3.63, 3.8) is 0 Å². The zero-order valence-electron chi connectivity index (χ0n) is 10.5. The fourth-order valence-corrected chi connectivity index (χ4v) is 2.20. The van der Waals surface area contributed by atoms with Crippen molar-refractivity contribution >= 4 is 0 Å². The molecule has 1 unspecified atom stereocenters. The smallest absolute Gasteiger partial charge is 0.0493 e. The Morgan fingerprint density at radius 3 is 2.07 bits per heavy atom. The Labute approximate surface area is 95.6 Å². The van der Waals surface area contributed by atoms with Crippen LogP contribution in [0, 0.1) is 11.8 Å². The number of aliphatic hydroxyl groups excluding tert-OH is 1. The summed E-state index contributed by atoms with van der Waals surface area (Å²) < 4.78 is 0. The minimum Gasteiger partial charge on any atom is -0.396 e. The summed E-state index contributed by atoms with van der Waals surface area (Å²) >= 11 is 0. The maximum absolute atomic E-state index is 9.03. The molecule has 0 heterocycles. The van der Waals surface area contributed by atoms with E-state index >= 15 is 0 Å². The van der Waals surface area contributed by atoms with E-state index in [1.807, 2.05) is 6.08 Å². The summed E-state index contributed by atoms with van der Waals surface area (Å²) in [4.78, 5) is 0. The molecule has 0 amide bonds. The van der Waals surface area contributed by atoms with Gasteiger partial charge >= 0.3 is 0 Å². The van der Waals surface area contributed by atoms with E-state index < -0.39 is 0 Å². The number of hydrogen-bond donors (Lipinski definition) is 1. The van der Waals surface area contributed by atoms with Crippen molar-refractivity contribution in [2.75, 3.05) is 6.61 Å². The Morgan fingerprint density at radius 1 is 1.07 bits per heavy atom. The van der Waals surface area contributed by atoms with Gasteiger partial charge in [0.05, 0.1) is 0 Å². The molecule has 0 saturated carbocycles. The van der Waals surface area contributed by atoms with Gasteiger partial charge < -0.3 is 5.11 Å². The van der Waals surface area contributed by atoms with Crippen LogP contribution >= 0.6 is 0 Å². The molecule has 0 saturated heterocycles. The van der Waals surface area contributed by atoms with Crippen LogP contribution in [0.3, 0.4) is 0 Å². The third-order valence-corrected chi connectivity index (χ3v) is 3.15. The van der Waals surface area contributed by atoms with Crippen LogP contribution in [0.5, 0.6) is 0 Å². The van der Waals surface area contributed by atoms with Crippen molar-refractivity contribution in [2.45, 2.75) is 58.8 Å². The van der Waals surface area contributed by atoms with E-state index in [2.05, 4.69) is 20.4 Å². The minimum absolute atomic E-state index is 0.260. The Hall–Kier alpha value is -0.300. The van der Waals surface area contributed by atoms with Gasteiger partial charge in [-0.3, -0.25) is 0 Å². The summed E-state index contributed by atoms with van der Waals surface area (Å²) in [5, 5.41) is 9.03. The SMILES string of the molecule is C=CC(CO)CCCC(CCC)CCC. The molecule has 0 radical (unpaired) electrons. The average Bonchev–Trinajstić information content (AvgIpc) is 2.25. The van der Waals surface area contributed by atoms with Crippen molar-refractivity contribution < 1.29 is 5.11 Å². The summed E-state index contributed by atoms with van der Waals surface area (Å²) in [7, 11) is 0. The Bertz CT molecular complexity index is 136.